The summed E-state index contributed by atoms with van der Waals surface area (Å²) >= 11 is 6.96. The summed E-state index contributed by atoms with van der Waals surface area (Å²) in [6.45, 7) is 8.27. The number of nitrogens with zero attached hydrogens (tertiary/aromatic N) is 2. The van der Waals surface area contributed by atoms with E-state index in [0.29, 0.717) is 30.2 Å². The lowest BCUT2D eigenvalue weighted by Crippen LogP contribution is -2.39. The maximum Gasteiger partial charge on any atom is 0.284 e. The Kier molecular flexibility index (Phi) is 16.1. The molecule has 2 unspecified atom stereocenters. The summed E-state index contributed by atoms with van der Waals surface area (Å²) in [4.78, 5) is 30.0. The van der Waals surface area contributed by atoms with Gasteiger partial charge in [-0.05, 0) is 63.8 Å². The summed E-state index contributed by atoms with van der Waals surface area (Å²) in [5, 5.41) is 13.5. The van der Waals surface area contributed by atoms with Gasteiger partial charge in [-0.1, -0.05) is 83.6 Å². The molecule has 6 nitrogen and oxygen atoms in total. The van der Waals surface area contributed by atoms with Crippen molar-refractivity contribution in [1.82, 2.24) is 10.2 Å². The Bertz CT molecular complexity index is 1400. The van der Waals surface area contributed by atoms with Crippen LogP contribution in [0.5, 0.6) is 0 Å². The van der Waals surface area contributed by atoms with E-state index in [9.17, 15) is 18.4 Å². The highest BCUT2D eigenvalue weighted by molar-refractivity contribution is 8.06. The Balaban J connectivity index is 0.000000362. The zero-order valence-electron chi connectivity index (χ0n) is 25.4. The number of thioether (sulfide) groups is 1. The number of alkyl halides is 1. The van der Waals surface area contributed by atoms with Crippen LogP contribution in [0.2, 0.25) is 5.02 Å². The number of allylic oxidation sites excluding steroid dienone is 4. The molecule has 2 aromatic carbocycles. The Morgan fingerprint density at radius 1 is 1.23 bits per heavy atom. The fraction of sp³-hybridized carbons (Fsp3) is 0.294. The first-order valence-electron chi connectivity index (χ1n) is 14.2. The molecule has 2 aromatic rings. The number of nitrogens with one attached hydrogen (secondary N) is 2. The fourth-order valence-corrected chi connectivity index (χ4v) is 5.09. The van der Waals surface area contributed by atoms with Crippen molar-refractivity contribution in [2.24, 2.45) is 4.99 Å². The van der Waals surface area contributed by atoms with E-state index in [2.05, 4.69) is 24.4 Å². The number of amidine groups is 1. The van der Waals surface area contributed by atoms with Gasteiger partial charge in [0.05, 0.1) is 18.3 Å². The lowest BCUT2D eigenvalue weighted by Gasteiger charge is -2.29. The van der Waals surface area contributed by atoms with Crippen molar-refractivity contribution in [2.45, 2.75) is 52.8 Å². The third-order valence-corrected chi connectivity index (χ3v) is 7.54. The third-order valence-electron chi connectivity index (χ3n) is 6.22. The predicted molar refractivity (Wildman–Crippen MR) is 179 cm³/mol. The lowest BCUT2D eigenvalue weighted by atomic mass is 10.0. The average Bonchev–Trinajstić information content (AvgIpc) is 3.41. The summed E-state index contributed by atoms with van der Waals surface area (Å²) < 4.78 is 25.1. The first-order chi connectivity index (χ1) is 21.1. The lowest BCUT2D eigenvalue weighted by molar-refractivity contribution is -0.131. The van der Waals surface area contributed by atoms with Crippen LogP contribution in [0.3, 0.4) is 0 Å². The first-order valence-corrected chi connectivity index (χ1v) is 15.4. The van der Waals surface area contributed by atoms with Crippen LogP contribution in [0, 0.1) is 18.2 Å². The minimum Gasteiger partial charge on any atom is -0.345 e. The summed E-state index contributed by atoms with van der Waals surface area (Å²) in [7, 11) is 0. The SMILES string of the molecule is CC=C(S/C=C\C)C1=NCC(C(=N)/C=C\CC(C)F)=C2CC(NC(=O)C=O)CN12.Cc1ccccc1.Fc1cccc(Cl)c1. The van der Waals surface area contributed by atoms with Crippen molar-refractivity contribution < 1.29 is 18.4 Å². The van der Waals surface area contributed by atoms with Crippen LogP contribution in [-0.2, 0) is 9.59 Å². The number of halogens is 3. The minimum atomic E-state index is -0.959. The van der Waals surface area contributed by atoms with Crippen LogP contribution < -0.4 is 5.32 Å². The van der Waals surface area contributed by atoms with E-state index >= 15 is 0 Å². The molecule has 0 spiro atoms. The Morgan fingerprint density at radius 3 is 2.48 bits per heavy atom. The third kappa shape index (κ3) is 12.4. The zero-order chi connectivity index (χ0) is 32.5. The molecule has 0 bridgehead atoms. The second kappa shape index (κ2) is 19.5. The average molecular weight is 641 g/mol. The fourth-order valence-electron chi connectivity index (χ4n) is 4.21. The number of aryl methyl sites for hydroxylation is 1. The predicted octanol–water partition coefficient (Wildman–Crippen LogP) is 8.01. The molecule has 234 valence electrons. The summed E-state index contributed by atoms with van der Waals surface area (Å²) in [5.41, 5.74) is 3.28. The van der Waals surface area contributed by atoms with Gasteiger partial charge in [0.1, 0.15) is 17.8 Å². The molecule has 0 aromatic heterocycles. The number of amides is 1. The van der Waals surface area contributed by atoms with Crippen molar-refractivity contribution >= 4 is 47.1 Å². The first kappa shape index (κ1) is 36.4. The molecule has 0 saturated carbocycles. The summed E-state index contributed by atoms with van der Waals surface area (Å²) in [6, 6.07) is 15.8. The van der Waals surface area contributed by atoms with Gasteiger partial charge in [-0.15, -0.1) is 0 Å². The molecule has 44 heavy (non-hydrogen) atoms. The summed E-state index contributed by atoms with van der Waals surface area (Å²) in [5.74, 6) is -0.152. The van der Waals surface area contributed by atoms with Crippen LogP contribution in [-0.4, -0.2) is 53.9 Å². The van der Waals surface area contributed by atoms with E-state index in [0.717, 1.165) is 22.0 Å². The minimum absolute atomic E-state index is 0.242. The van der Waals surface area contributed by atoms with Crippen LogP contribution in [0.4, 0.5) is 8.78 Å². The van der Waals surface area contributed by atoms with Crippen LogP contribution in [0.15, 0.2) is 105 Å². The number of aldehydes is 1. The molecule has 4 rings (SSSR count). The smallest absolute Gasteiger partial charge is 0.284 e. The topological polar surface area (TPSA) is 85.6 Å². The normalized spacial score (nSPS) is 16.8. The van der Waals surface area contributed by atoms with Gasteiger partial charge in [0, 0.05) is 34.2 Å². The van der Waals surface area contributed by atoms with Crippen molar-refractivity contribution in [1.29, 1.82) is 5.41 Å². The Hall–Kier alpha value is -3.82. The molecule has 2 heterocycles. The van der Waals surface area contributed by atoms with E-state index in [1.807, 2.05) is 54.5 Å². The number of carbonyl (C=O) groups excluding carboxylic acids is 2. The quantitative estimate of drug-likeness (QED) is 0.165. The van der Waals surface area contributed by atoms with Gasteiger partial charge in [-0.25, -0.2) is 8.78 Å². The zero-order valence-corrected chi connectivity index (χ0v) is 27.0. The van der Waals surface area contributed by atoms with Crippen molar-refractivity contribution in [3.05, 3.63) is 117 Å². The van der Waals surface area contributed by atoms with E-state index in [1.165, 1.54) is 24.6 Å². The number of benzene rings is 2. The Morgan fingerprint density at radius 2 is 1.95 bits per heavy atom. The number of rotatable bonds is 9. The van der Waals surface area contributed by atoms with E-state index in [1.54, 1.807) is 36.0 Å². The maximum absolute atomic E-state index is 13.0. The molecule has 2 N–H and O–H groups in total. The van der Waals surface area contributed by atoms with Crippen molar-refractivity contribution in [2.75, 3.05) is 13.1 Å². The molecule has 0 radical (unpaired) electrons. The number of aliphatic imine (C=N–C) groups is 1. The molecule has 1 fully saturated rings. The van der Waals surface area contributed by atoms with Crippen LogP contribution in [0.1, 0.15) is 39.2 Å². The largest absolute Gasteiger partial charge is 0.345 e. The highest BCUT2D eigenvalue weighted by Gasteiger charge is 2.36. The van der Waals surface area contributed by atoms with Crippen LogP contribution >= 0.6 is 23.4 Å². The molecule has 2 aliphatic heterocycles. The van der Waals surface area contributed by atoms with Gasteiger partial charge in [-0.3, -0.25) is 14.6 Å². The second-order valence-corrected chi connectivity index (χ2v) is 11.3. The van der Waals surface area contributed by atoms with Gasteiger partial charge < -0.3 is 15.6 Å². The highest BCUT2D eigenvalue weighted by atomic mass is 35.5. The molecule has 1 saturated heterocycles. The monoisotopic (exact) mass is 640 g/mol. The van der Waals surface area contributed by atoms with Gasteiger partial charge in [0.15, 0.2) is 0 Å². The molecule has 0 aliphatic carbocycles. The highest BCUT2D eigenvalue weighted by Crippen LogP contribution is 2.34. The molecule has 2 atom stereocenters. The molecular weight excluding hydrogens is 602 g/mol. The van der Waals surface area contributed by atoms with Gasteiger partial charge >= 0.3 is 0 Å². The van der Waals surface area contributed by atoms with E-state index in [-0.39, 0.29) is 24.6 Å². The number of carbonyl (C=O) groups is 2. The van der Waals surface area contributed by atoms with Crippen molar-refractivity contribution in [3.63, 3.8) is 0 Å². The van der Waals surface area contributed by atoms with Crippen molar-refractivity contribution in [3.8, 4) is 0 Å². The standard InChI is InChI=1S/C21H27FN4O2S.C7H8.C6H4ClF/c1-4-9-29-19(5-2)21-24-11-16(17(23)8-6-7-14(3)22)18-10-15(12-26(18)21)25-20(28)13-27;1-7-5-3-2-4-6-7;7-5-2-1-3-6(8)4-5/h4-6,8-9,13-15,23H,7,10-12H2,1-3H3,(H,25,28);2-6H,1H3;1-4H/b8-6-,9-4-,19-5?,23-17?;;. The van der Waals surface area contributed by atoms with Gasteiger partial charge in [-0.2, -0.15) is 0 Å². The van der Waals surface area contributed by atoms with E-state index in [4.69, 9.17) is 22.0 Å². The molecular formula is C34H39ClF2N4O2S. The molecule has 2 aliphatic rings. The number of hydrogen-bond donors (Lipinski definition) is 2. The molecule has 1 amide bonds. The van der Waals surface area contributed by atoms with Crippen LogP contribution in [0.25, 0.3) is 0 Å². The van der Waals surface area contributed by atoms with Gasteiger partial charge in [0.25, 0.3) is 5.91 Å². The van der Waals surface area contributed by atoms with Gasteiger partial charge in [0.2, 0.25) is 6.29 Å². The number of fused-ring (bicyclic) bond motifs is 1. The van der Waals surface area contributed by atoms with E-state index < -0.39 is 12.1 Å². The number of hydrogen-bond acceptors (Lipinski definition) is 6. The second-order valence-electron chi connectivity index (χ2n) is 9.87. The molecule has 10 heteroatoms. The maximum atomic E-state index is 13.0. The summed E-state index contributed by atoms with van der Waals surface area (Å²) in [6.07, 6.45) is 7.27. The Labute approximate surface area is 268 Å².